The van der Waals surface area contributed by atoms with Gasteiger partial charge in [-0.15, -0.1) is 34.0 Å². The number of aromatic nitrogens is 1. The quantitative estimate of drug-likeness (QED) is 0.175. The summed E-state index contributed by atoms with van der Waals surface area (Å²) in [6, 6.07) is 47.1. The first-order chi connectivity index (χ1) is 29.6. The lowest BCUT2D eigenvalue weighted by atomic mass is 9.63. The summed E-state index contributed by atoms with van der Waals surface area (Å²) in [5.74, 6) is 0. The van der Waals surface area contributed by atoms with E-state index in [9.17, 15) is 0 Å². The predicted molar refractivity (Wildman–Crippen MR) is 280 cm³/mol. The van der Waals surface area contributed by atoms with E-state index in [-0.39, 0.29) is 16.2 Å². The fraction of sp³-hybridized carbons (Fsp3) is 0.214. The van der Waals surface area contributed by atoms with Gasteiger partial charge in [-0.05, 0) is 109 Å². The molecule has 304 valence electrons. The molecule has 0 saturated heterocycles. The number of thiophene rings is 3. The average molecular weight is 857 g/mol. The highest BCUT2D eigenvalue weighted by Gasteiger charge is 2.31. The number of hydrogen-bond donors (Lipinski definition) is 1. The Kier molecular flexibility index (Phi) is 8.08. The summed E-state index contributed by atoms with van der Waals surface area (Å²) in [6.07, 6.45) is 0. The van der Waals surface area contributed by atoms with E-state index >= 15 is 0 Å². The van der Waals surface area contributed by atoms with Crippen LogP contribution in [0.25, 0.3) is 89.1 Å². The van der Waals surface area contributed by atoms with Crippen molar-refractivity contribution >= 4 is 135 Å². The van der Waals surface area contributed by atoms with Crippen molar-refractivity contribution in [3.05, 3.63) is 138 Å². The first kappa shape index (κ1) is 38.3. The van der Waals surface area contributed by atoms with Gasteiger partial charge in [-0.1, -0.05) is 123 Å². The minimum Gasteiger partial charge on any atom is -0.355 e. The Labute approximate surface area is 376 Å². The zero-order chi connectivity index (χ0) is 42.6. The van der Waals surface area contributed by atoms with Gasteiger partial charge in [0.05, 0.1) is 11.2 Å². The standard InChI is InChI=1S/C56H49BN2S3/c1-54(2,3)30-14-18-33(19-15-30)58-43-26-40-35-20-16-32(56(7,8)9)25-47(35)61-48(40)28-38(43)36-21-22-37-39-29-49-41(34-12-10-11-13-45(34)60-49)27-44(39)59-51(37)50(36)57-53-52(59)42-24-31(55(4,5)6)17-23-46(42)62-53/h10-29,57-58H,1-9H3. The number of hydrogen-bond acceptors (Lipinski definition) is 4. The summed E-state index contributed by atoms with van der Waals surface area (Å²) in [5.41, 5.74) is 14.5. The zero-order valence-corrected chi connectivity index (χ0v) is 39.4. The van der Waals surface area contributed by atoms with Crippen molar-refractivity contribution in [1.29, 1.82) is 0 Å². The van der Waals surface area contributed by atoms with Gasteiger partial charge in [-0.25, -0.2) is 0 Å². The van der Waals surface area contributed by atoms with Gasteiger partial charge in [0.15, 0.2) is 0 Å². The SMILES string of the molecule is CC(C)(C)c1ccc(Nc2cc3c(cc2-c2ccc4c5cc6sc7ccccc7c6cc5n5c4c2Bc2sc4ccc(C(C)(C)C)cc4c2-5)sc2cc(C(C)(C)C)ccc23)cc1. The molecule has 1 aliphatic heterocycles. The minimum atomic E-state index is 0.0502. The van der Waals surface area contributed by atoms with E-state index in [4.69, 9.17) is 0 Å². The first-order valence-corrected chi connectivity index (χ1v) is 24.4. The Hall–Kier alpha value is -5.40. The highest BCUT2D eigenvalue weighted by Crippen LogP contribution is 2.47. The van der Waals surface area contributed by atoms with E-state index in [2.05, 4.69) is 194 Å². The Balaban J connectivity index is 1.15. The summed E-state index contributed by atoms with van der Waals surface area (Å²) < 4.78 is 10.8. The van der Waals surface area contributed by atoms with Crippen molar-refractivity contribution in [1.82, 2.24) is 4.57 Å². The summed E-state index contributed by atoms with van der Waals surface area (Å²) in [6.45, 7) is 20.8. The molecule has 11 aromatic rings. The molecule has 0 aliphatic carbocycles. The number of nitrogens with one attached hydrogen (secondary N) is 1. The molecular formula is C56H49BN2S3. The van der Waals surface area contributed by atoms with Gasteiger partial charge in [-0.2, -0.15) is 0 Å². The lowest BCUT2D eigenvalue weighted by molar-refractivity contribution is 0.590. The smallest absolute Gasteiger partial charge is 0.211 e. The Bertz CT molecular complexity index is 3680. The molecule has 4 aromatic heterocycles. The maximum absolute atomic E-state index is 3.99. The van der Waals surface area contributed by atoms with Gasteiger partial charge in [0.1, 0.15) is 0 Å². The summed E-state index contributed by atoms with van der Waals surface area (Å²) in [7, 11) is 0.888. The van der Waals surface area contributed by atoms with Crippen LogP contribution in [-0.2, 0) is 16.2 Å². The van der Waals surface area contributed by atoms with E-state index in [1.54, 1.807) is 0 Å². The molecule has 0 spiro atoms. The largest absolute Gasteiger partial charge is 0.355 e. The molecular weight excluding hydrogens is 808 g/mol. The van der Waals surface area contributed by atoms with Gasteiger partial charge in [0, 0.05) is 83.7 Å². The highest BCUT2D eigenvalue weighted by atomic mass is 32.1. The van der Waals surface area contributed by atoms with Crippen molar-refractivity contribution in [2.24, 2.45) is 0 Å². The van der Waals surface area contributed by atoms with Crippen molar-refractivity contribution in [3.8, 4) is 16.8 Å². The van der Waals surface area contributed by atoms with Gasteiger partial charge in [0.2, 0.25) is 7.28 Å². The van der Waals surface area contributed by atoms with Gasteiger partial charge < -0.3 is 9.88 Å². The van der Waals surface area contributed by atoms with Crippen LogP contribution in [0.1, 0.15) is 79.0 Å². The second kappa shape index (κ2) is 13.1. The molecule has 0 atom stereocenters. The number of fused-ring (bicyclic) bond motifs is 13. The maximum atomic E-state index is 3.99. The lowest BCUT2D eigenvalue weighted by Crippen LogP contribution is -2.35. The van der Waals surface area contributed by atoms with E-state index in [0.717, 1.165) is 18.7 Å². The van der Waals surface area contributed by atoms with Gasteiger partial charge >= 0.3 is 0 Å². The van der Waals surface area contributed by atoms with Crippen molar-refractivity contribution in [3.63, 3.8) is 0 Å². The number of nitrogens with zero attached hydrogens (tertiary/aromatic N) is 1. The van der Waals surface area contributed by atoms with Crippen molar-refractivity contribution < 1.29 is 0 Å². The monoisotopic (exact) mass is 856 g/mol. The second-order valence-electron chi connectivity index (χ2n) is 20.7. The molecule has 0 amide bonds. The first-order valence-electron chi connectivity index (χ1n) is 21.9. The third-order valence-corrected chi connectivity index (χ3v) is 16.9. The molecule has 7 aromatic carbocycles. The Morgan fingerprint density at radius 1 is 0.452 bits per heavy atom. The summed E-state index contributed by atoms with van der Waals surface area (Å²) in [4.78, 5) is 0. The normalized spacial score (nSPS) is 13.4. The summed E-state index contributed by atoms with van der Waals surface area (Å²) >= 11 is 5.82. The van der Waals surface area contributed by atoms with E-state index in [0.29, 0.717) is 0 Å². The van der Waals surface area contributed by atoms with Crippen molar-refractivity contribution in [2.75, 3.05) is 5.32 Å². The van der Waals surface area contributed by atoms with E-state index in [1.807, 2.05) is 34.0 Å². The van der Waals surface area contributed by atoms with E-state index in [1.165, 1.54) is 116 Å². The topological polar surface area (TPSA) is 17.0 Å². The Morgan fingerprint density at radius 2 is 1.06 bits per heavy atom. The van der Waals surface area contributed by atoms with Gasteiger partial charge in [0.25, 0.3) is 0 Å². The molecule has 0 saturated carbocycles. The molecule has 0 unspecified atom stereocenters. The maximum Gasteiger partial charge on any atom is 0.211 e. The molecule has 12 rings (SSSR count). The van der Waals surface area contributed by atoms with E-state index < -0.39 is 0 Å². The number of rotatable bonds is 3. The van der Waals surface area contributed by atoms with Gasteiger partial charge in [-0.3, -0.25) is 0 Å². The fourth-order valence-corrected chi connectivity index (χ4v) is 13.5. The third-order valence-electron chi connectivity index (χ3n) is 13.5. The number of anilines is 2. The minimum absolute atomic E-state index is 0.0502. The van der Waals surface area contributed by atoms with Crippen LogP contribution in [0.2, 0.25) is 0 Å². The summed E-state index contributed by atoms with van der Waals surface area (Å²) in [5, 5.41) is 13.3. The highest BCUT2D eigenvalue weighted by molar-refractivity contribution is 7.29. The lowest BCUT2D eigenvalue weighted by Gasteiger charge is -2.23. The zero-order valence-electron chi connectivity index (χ0n) is 36.9. The molecule has 2 nitrogen and oxygen atoms in total. The number of benzene rings is 7. The van der Waals surface area contributed by atoms with Crippen molar-refractivity contribution in [2.45, 2.75) is 78.6 Å². The predicted octanol–water partition coefficient (Wildman–Crippen LogP) is 15.7. The van der Waals surface area contributed by atoms with Crippen LogP contribution in [0.5, 0.6) is 0 Å². The molecule has 0 radical (unpaired) electrons. The molecule has 0 bridgehead atoms. The van der Waals surface area contributed by atoms with Crippen LogP contribution in [-0.4, -0.2) is 11.8 Å². The second-order valence-corrected chi connectivity index (χ2v) is 24.0. The molecule has 5 heterocycles. The molecule has 0 fully saturated rings. The van der Waals surface area contributed by atoms with Crippen LogP contribution < -0.4 is 15.6 Å². The molecule has 62 heavy (non-hydrogen) atoms. The fourth-order valence-electron chi connectivity index (χ4n) is 10.0. The van der Waals surface area contributed by atoms with Crippen LogP contribution >= 0.6 is 34.0 Å². The Morgan fingerprint density at radius 3 is 1.84 bits per heavy atom. The van der Waals surface area contributed by atoms with Crippen LogP contribution in [0.4, 0.5) is 11.4 Å². The molecule has 1 aliphatic rings. The van der Waals surface area contributed by atoms with Crippen LogP contribution in [0, 0.1) is 0 Å². The molecule has 6 heteroatoms. The third kappa shape index (κ3) is 5.79. The van der Waals surface area contributed by atoms with Crippen LogP contribution in [0.3, 0.4) is 0 Å². The molecule has 1 N–H and O–H groups in total. The average Bonchev–Trinajstić information content (AvgIpc) is 3.97. The van der Waals surface area contributed by atoms with Crippen LogP contribution in [0.15, 0.2) is 121 Å².